The van der Waals surface area contributed by atoms with Crippen molar-refractivity contribution in [3.05, 3.63) is 33.6 Å². The standard InChI is InChI=1S/C16H19N3O4S/c1-9-13(14(17)23-18-9)16(21)22-10(2)15(20)19-7-3-5-11(19)12-6-4-8-24-12/h4,6,8,10-11H,3,5,7,17H2,1-2H3. The Morgan fingerprint density at radius 1 is 1.54 bits per heavy atom. The fraction of sp³-hybridized carbons (Fsp3) is 0.438. The third-order valence-electron chi connectivity index (χ3n) is 4.13. The van der Waals surface area contributed by atoms with Crippen LogP contribution in [0.3, 0.4) is 0 Å². The molecule has 0 spiro atoms. The van der Waals surface area contributed by atoms with E-state index in [-0.39, 0.29) is 23.4 Å². The van der Waals surface area contributed by atoms with E-state index in [0.29, 0.717) is 12.2 Å². The Labute approximate surface area is 143 Å². The number of esters is 1. The lowest BCUT2D eigenvalue weighted by Gasteiger charge is -2.26. The van der Waals surface area contributed by atoms with Crippen molar-refractivity contribution >= 4 is 29.1 Å². The van der Waals surface area contributed by atoms with E-state index in [1.807, 2.05) is 17.5 Å². The van der Waals surface area contributed by atoms with Crippen LogP contribution in [0.2, 0.25) is 0 Å². The van der Waals surface area contributed by atoms with Crippen LogP contribution in [-0.2, 0) is 9.53 Å². The van der Waals surface area contributed by atoms with Gasteiger partial charge in [-0.1, -0.05) is 11.2 Å². The van der Waals surface area contributed by atoms with Crippen LogP contribution in [0.1, 0.15) is 46.7 Å². The minimum atomic E-state index is -0.897. The number of aromatic nitrogens is 1. The van der Waals surface area contributed by atoms with Crippen molar-refractivity contribution in [1.29, 1.82) is 0 Å². The van der Waals surface area contributed by atoms with Gasteiger partial charge in [0.2, 0.25) is 5.88 Å². The minimum Gasteiger partial charge on any atom is -0.449 e. The number of anilines is 1. The average Bonchev–Trinajstić information content (AvgIpc) is 3.26. The molecule has 1 saturated heterocycles. The van der Waals surface area contributed by atoms with E-state index >= 15 is 0 Å². The lowest BCUT2D eigenvalue weighted by molar-refractivity contribution is -0.140. The molecule has 3 heterocycles. The van der Waals surface area contributed by atoms with Gasteiger partial charge in [-0.15, -0.1) is 11.3 Å². The Morgan fingerprint density at radius 2 is 2.33 bits per heavy atom. The molecule has 2 N–H and O–H groups in total. The molecule has 8 heteroatoms. The van der Waals surface area contributed by atoms with Crippen LogP contribution in [0.5, 0.6) is 0 Å². The number of ether oxygens (including phenoxy) is 1. The Balaban J connectivity index is 1.69. The first-order valence-electron chi connectivity index (χ1n) is 7.75. The Kier molecular flexibility index (Phi) is 4.57. The quantitative estimate of drug-likeness (QED) is 0.852. The second-order valence-electron chi connectivity index (χ2n) is 5.76. The Morgan fingerprint density at radius 3 is 2.96 bits per heavy atom. The first-order chi connectivity index (χ1) is 11.5. The number of hydrogen-bond donors (Lipinski definition) is 1. The van der Waals surface area contributed by atoms with E-state index in [1.54, 1.807) is 30.1 Å². The number of hydrogen-bond acceptors (Lipinski definition) is 7. The minimum absolute atomic E-state index is 0.0565. The molecule has 3 rings (SSSR count). The van der Waals surface area contributed by atoms with Gasteiger partial charge in [-0.25, -0.2) is 4.79 Å². The zero-order valence-electron chi connectivity index (χ0n) is 13.5. The monoisotopic (exact) mass is 349 g/mol. The summed E-state index contributed by atoms with van der Waals surface area (Å²) in [7, 11) is 0. The van der Waals surface area contributed by atoms with Gasteiger partial charge in [0.05, 0.1) is 11.7 Å². The highest BCUT2D eigenvalue weighted by atomic mass is 32.1. The van der Waals surface area contributed by atoms with Crippen LogP contribution in [0, 0.1) is 6.92 Å². The summed E-state index contributed by atoms with van der Waals surface area (Å²) in [4.78, 5) is 27.9. The number of aryl methyl sites for hydroxylation is 1. The van der Waals surface area contributed by atoms with Crippen molar-refractivity contribution < 1.29 is 18.8 Å². The molecule has 1 aliphatic heterocycles. The summed E-state index contributed by atoms with van der Waals surface area (Å²) < 4.78 is 10.0. The summed E-state index contributed by atoms with van der Waals surface area (Å²) in [5.41, 5.74) is 6.00. The second-order valence-corrected chi connectivity index (χ2v) is 6.74. The highest BCUT2D eigenvalue weighted by Gasteiger charge is 2.35. The highest BCUT2D eigenvalue weighted by molar-refractivity contribution is 7.10. The van der Waals surface area contributed by atoms with Gasteiger partial charge in [-0.2, -0.15) is 0 Å². The van der Waals surface area contributed by atoms with Crippen molar-refractivity contribution in [1.82, 2.24) is 10.1 Å². The van der Waals surface area contributed by atoms with Crippen LogP contribution < -0.4 is 5.73 Å². The fourth-order valence-corrected chi connectivity index (χ4v) is 3.82. The maximum Gasteiger partial charge on any atom is 0.346 e. The van der Waals surface area contributed by atoms with E-state index in [1.165, 1.54) is 0 Å². The molecule has 2 aromatic rings. The van der Waals surface area contributed by atoms with Gasteiger partial charge in [-0.3, -0.25) is 4.79 Å². The number of nitrogens with two attached hydrogens (primary N) is 1. The van der Waals surface area contributed by atoms with E-state index < -0.39 is 12.1 Å². The third-order valence-corrected chi connectivity index (χ3v) is 5.11. The first kappa shape index (κ1) is 16.5. The Bertz CT molecular complexity index is 721. The molecule has 0 bridgehead atoms. The summed E-state index contributed by atoms with van der Waals surface area (Å²) in [6.07, 6.45) is 0.962. The van der Waals surface area contributed by atoms with Crippen LogP contribution in [0.4, 0.5) is 5.88 Å². The molecule has 24 heavy (non-hydrogen) atoms. The summed E-state index contributed by atoms with van der Waals surface area (Å²) in [6, 6.07) is 4.06. The zero-order valence-corrected chi connectivity index (χ0v) is 14.3. The molecule has 0 aromatic carbocycles. The number of carbonyl (C=O) groups is 2. The predicted octanol–water partition coefficient (Wildman–Crippen LogP) is 2.54. The molecule has 2 unspecified atom stereocenters. The molecule has 2 aromatic heterocycles. The van der Waals surface area contributed by atoms with Crippen molar-refractivity contribution in [2.24, 2.45) is 0 Å². The van der Waals surface area contributed by atoms with Crippen molar-refractivity contribution in [3.63, 3.8) is 0 Å². The second kappa shape index (κ2) is 6.64. The Hall–Kier alpha value is -2.35. The van der Waals surface area contributed by atoms with Crippen LogP contribution in [-0.4, -0.2) is 34.6 Å². The molecule has 7 nitrogen and oxygen atoms in total. The van der Waals surface area contributed by atoms with Gasteiger partial charge in [0.25, 0.3) is 5.91 Å². The molecular formula is C16H19N3O4S. The average molecular weight is 349 g/mol. The van der Waals surface area contributed by atoms with Crippen LogP contribution in [0.15, 0.2) is 22.0 Å². The number of nitrogen functional groups attached to an aromatic ring is 1. The summed E-state index contributed by atoms with van der Waals surface area (Å²) >= 11 is 1.63. The maximum absolute atomic E-state index is 12.7. The topological polar surface area (TPSA) is 98.7 Å². The maximum atomic E-state index is 12.7. The van der Waals surface area contributed by atoms with E-state index in [9.17, 15) is 9.59 Å². The van der Waals surface area contributed by atoms with Gasteiger partial charge in [-0.05, 0) is 38.1 Å². The number of rotatable bonds is 4. The highest BCUT2D eigenvalue weighted by Crippen LogP contribution is 2.35. The van der Waals surface area contributed by atoms with E-state index in [2.05, 4.69) is 5.16 Å². The van der Waals surface area contributed by atoms with Gasteiger partial charge in [0.15, 0.2) is 6.10 Å². The van der Waals surface area contributed by atoms with Crippen molar-refractivity contribution in [2.75, 3.05) is 12.3 Å². The molecule has 1 amide bonds. The van der Waals surface area contributed by atoms with E-state index in [0.717, 1.165) is 17.7 Å². The molecule has 128 valence electrons. The van der Waals surface area contributed by atoms with Crippen LogP contribution in [0.25, 0.3) is 0 Å². The lowest BCUT2D eigenvalue weighted by atomic mass is 10.2. The summed E-state index contributed by atoms with van der Waals surface area (Å²) in [6.45, 7) is 3.83. The molecule has 0 aliphatic carbocycles. The molecular weight excluding hydrogens is 330 g/mol. The zero-order chi connectivity index (χ0) is 17.3. The molecule has 2 atom stereocenters. The lowest BCUT2D eigenvalue weighted by Crippen LogP contribution is -2.39. The number of thiophene rings is 1. The summed E-state index contributed by atoms with van der Waals surface area (Å²) in [5, 5.41) is 5.62. The number of amides is 1. The number of likely N-dealkylation sites (tertiary alicyclic amines) is 1. The van der Waals surface area contributed by atoms with Gasteiger partial charge < -0.3 is 19.9 Å². The van der Waals surface area contributed by atoms with Crippen LogP contribution >= 0.6 is 11.3 Å². The smallest absolute Gasteiger partial charge is 0.346 e. The number of carbonyl (C=O) groups excluding carboxylic acids is 2. The molecule has 1 fully saturated rings. The van der Waals surface area contributed by atoms with E-state index in [4.69, 9.17) is 15.0 Å². The third kappa shape index (κ3) is 3.01. The van der Waals surface area contributed by atoms with Gasteiger partial charge >= 0.3 is 5.97 Å². The molecule has 0 radical (unpaired) electrons. The summed E-state index contributed by atoms with van der Waals surface area (Å²) in [5.74, 6) is -0.999. The number of nitrogens with zero attached hydrogens (tertiary/aromatic N) is 2. The largest absolute Gasteiger partial charge is 0.449 e. The normalized spacial score (nSPS) is 18.6. The van der Waals surface area contributed by atoms with Gasteiger partial charge in [0, 0.05) is 11.4 Å². The SMILES string of the molecule is Cc1noc(N)c1C(=O)OC(C)C(=O)N1CCCC1c1cccs1. The fourth-order valence-electron chi connectivity index (χ4n) is 2.95. The van der Waals surface area contributed by atoms with Crippen molar-refractivity contribution in [2.45, 2.75) is 38.8 Å². The first-order valence-corrected chi connectivity index (χ1v) is 8.63. The van der Waals surface area contributed by atoms with Crippen molar-refractivity contribution in [3.8, 4) is 0 Å². The molecule has 0 saturated carbocycles. The van der Waals surface area contributed by atoms with Gasteiger partial charge in [0.1, 0.15) is 5.56 Å². The molecule has 1 aliphatic rings. The predicted molar refractivity (Wildman–Crippen MR) is 88.5 cm³/mol.